The van der Waals surface area contributed by atoms with Gasteiger partial charge in [-0.3, -0.25) is 9.59 Å². The second kappa shape index (κ2) is 8.87. The molecule has 0 saturated carbocycles. The van der Waals surface area contributed by atoms with Gasteiger partial charge in [-0.2, -0.15) is 0 Å². The molecule has 5 heteroatoms. The third kappa shape index (κ3) is 5.95. The van der Waals surface area contributed by atoms with Gasteiger partial charge in [-0.05, 0) is 43.2 Å². The van der Waals surface area contributed by atoms with Gasteiger partial charge in [0.15, 0.2) is 0 Å². The number of hydrogen-bond acceptors (Lipinski definition) is 3. The smallest absolute Gasteiger partial charge is 0.239 e. The van der Waals surface area contributed by atoms with Crippen LogP contribution in [-0.4, -0.2) is 18.4 Å². The summed E-state index contributed by atoms with van der Waals surface area (Å²) in [6.07, 6.45) is 0.445. The molecule has 0 aliphatic rings. The van der Waals surface area contributed by atoms with Crippen LogP contribution in [0, 0.1) is 13.8 Å². The molecule has 0 unspecified atom stereocenters. The highest BCUT2D eigenvalue weighted by atomic mass is 16.2. The zero-order valence-corrected chi connectivity index (χ0v) is 15.0. The lowest BCUT2D eigenvalue weighted by atomic mass is 10.1. The Morgan fingerprint density at radius 1 is 1.00 bits per heavy atom. The van der Waals surface area contributed by atoms with Crippen molar-refractivity contribution in [3.05, 3.63) is 59.2 Å². The number of aryl methyl sites for hydroxylation is 2. The Kier molecular flexibility index (Phi) is 6.57. The molecule has 2 amide bonds. The fourth-order valence-corrected chi connectivity index (χ4v) is 2.42. The van der Waals surface area contributed by atoms with Gasteiger partial charge in [-0.15, -0.1) is 0 Å². The normalized spacial score (nSPS) is 10.2. The van der Waals surface area contributed by atoms with Crippen molar-refractivity contribution >= 4 is 23.2 Å². The van der Waals surface area contributed by atoms with E-state index in [1.165, 1.54) is 5.56 Å². The van der Waals surface area contributed by atoms with Crippen LogP contribution >= 0.6 is 0 Å². The van der Waals surface area contributed by atoms with Gasteiger partial charge in [0.1, 0.15) is 0 Å². The predicted molar refractivity (Wildman–Crippen MR) is 102 cm³/mol. The maximum absolute atomic E-state index is 12.0. The van der Waals surface area contributed by atoms with Gasteiger partial charge in [-0.1, -0.05) is 36.8 Å². The van der Waals surface area contributed by atoms with Crippen LogP contribution in [0.3, 0.4) is 0 Å². The van der Waals surface area contributed by atoms with Crippen molar-refractivity contribution in [3.63, 3.8) is 0 Å². The van der Waals surface area contributed by atoms with E-state index in [4.69, 9.17) is 0 Å². The molecule has 0 fully saturated rings. The highest BCUT2D eigenvalue weighted by Gasteiger charge is 2.05. The third-order valence-corrected chi connectivity index (χ3v) is 3.85. The summed E-state index contributed by atoms with van der Waals surface area (Å²) < 4.78 is 0. The third-order valence-electron chi connectivity index (χ3n) is 3.85. The topological polar surface area (TPSA) is 70.2 Å². The Bertz CT molecular complexity index is 756. The summed E-state index contributed by atoms with van der Waals surface area (Å²) in [5, 5.41) is 8.85. The summed E-state index contributed by atoms with van der Waals surface area (Å²) in [7, 11) is 0. The first-order chi connectivity index (χ1) is 12.0. The maximum atomic E-state index is 12.0. The van der Waals surface area contributed by atoms with E-state index in [0.29, 0.717) is 13.0 Å². The minimum Gasteiger partial charge on any atom is -0.376 e. The number of hydrogen-bond donors (Lipinski definition) is 3. The minimum absolute atomic E-state index is 0.0145. The summed E-state index contributed by atoms with van der Waals surface area (Å²) in [5.41, 5.74) is 4.85. The maximum Gasteiger partial charge on any atom is 0.239 e. The number of nitrogens with one attached hydrogen (secondary N) is 3. The summed E-state index contributed by atoms with van der Waals surface area (Å²) in [4.78, 5) is 23.4. The molecule has 0 aliphatic heterocycles. The van der Waals surface area contributed by atoms with Gasteiger partial charge in [0.25, 0.3) is 0 Å². The molecule has 132 valence electrons. The second-order valence-corrected chi connectivity index (χ2v) is 6.05. The summed E-state index contributed by atoms with van der Waals surface area (Å²) in [5.74, 6) is -0.0816. The first-order valence-electron chi connectivity index (χ1n) is 8.44. The van der Waals surface area contributed by atoms with E-state index >= 15 is 0 Å². The summed E-state index contributed by atoms with van der Waals surface area (Å²) >= 11 is 0. The molecule has 0 spiro atoms. The Hall–Kier alpha value is -2.82. The van der Waals surface area contributed by atoms with E-state index in [2.05, 4.69) is 22.0 Å². The number of anilines is 2. The quantitative estimate of drug-likeness (QED) is 0.724. The van der Waals surface area contributed by atoms with Crippen LogP contribution in [0.15, 0.2) is 42.5 Å². The molecular weight excluding hydrogens is 314 g/mol. The minimum atomic E-state index is -0.0671. The highest BCUT2D eigenvalue weighted by Crippen LogP contribution is 2.19. The zero-order chi connectivity index (χ0) is 18.2. The van der Waals surface area contributed by atoms with E-state index in [1.54, 1.807) is 0 Å². The SMILES string of the molecule is CCC(=O)Nc1ccc(NCC(=O)NCc2cccc(C)c2)cc1C. The molecule has 0 heterocycles. The Balaban J connectivity index is 1.83. The van der Waals surface area contributed by atoms with Gasteiger partial charge < -0.3 is 16.0 Å². The van der Waals surface area contributed by atoms with Gasteiger partial charge in [0.05, 0.1) is 6.54 Å². The Labute approximate surface area is 148 Å². The molecule has 0 radical (unpaired) electrons. The van der Waals surface area contributed by atoms with Crippen molar-refractivity contribution in [1.29, 1.82) is 0 Å². The van der Waals surface area contributed by atoms with Crippen molar-refractivity contribution in [2.24, 2.45) is 0 Å². The van der Waals surface area contributed by atoms with Crippen LogP contribution in [0.4, 0.5) is 11.4 Å². The molecule has 3 N–H and O–H groups in total. The zero-order valence-electron chi connectivity index (χ0n) is 15.0. The molecule has 2 rings (SSSR count). The van der Waals surface area contributed by atoms with E-state index in [1.807, 2.05) is 57.2 Å². The van der Waals surface area contributed by atoms with E-state index < -0.39 is 0 Å². The van der Waals surface area contributed by atoms with Crippen LogP contribution in [0.1, 0.15) is 30.0 Å². The standard InChI is InChI=1S/C20H25N3O2/c1-4-19(24)23-18-9-8-17(11-15(18)3)21-13-20(25)22-12-16-7-5-6-14(2)10-16/h5-11,21H,4,12-13H2,1-3H3,(H,22,25)(H,23,24). The second-order valence-electron chi connectivity index (χ2n) is 6.05. The van der Waals surface area contributed by atoms with Crippen molar-refractivity contribution in [3.8, 4) is 0 Å². The number of amides is 2. The lowest BCUT2D eigenvalue weighted by molar-refractivity contribution is -0.119. The van der Waals surface area contributed by atoms with Crippen LogP contribution in [0.5, 0.6) is 0 Å². The number of benzene rings is 2. The molecular formula is C20H25N3O2. The number of carbonyl (C=O) groups excluding carboxylic acids is 2. The lowest BCUT2D eigenvalue weighted by Gasteiger charge is -2.12. The van der Waals surface area contributed by atoms with Gasteiger partial charge >= 0.3 is 0 Å². The lowest BCUT2D eigenvalue weighted by Crippen LogP contribution is -2.29. The molecule has 2 aromatic carbocycles. The van der Waals surface area contributed by atoms with Crippen molar-refractivity contribution in [1.82, 2.24) is 5.32 Å². The van der Waals surface area contributed by atoms with Crippen molar-refractivity contribution in [2.75, 3.05) is 17.2 Å². The molecule has 25 heavy (non-hydrogen) atoms. The first-order valence-corrected chi connectivity index (χ1v) is 8.44. The van der Waals surface area contributed by atoms with E-state index in [0.717, 1.165) is 22.5 Å². The van der Waals surface area contributed by atoms with Gasteiger partial charge in [0, 0.05) is 24.3 Å². The molecule has 0 aliphatic carbocycles. The van der Waals surface area contributed by atoms with Crippen LogP contribution < -0.4 is 16.0 Å². The monoisotopic (exact) mass is 339 g/mol. The molecule has 5 nitrogen and oxygen atoms in total. The highest BCUT2D eigenvalue weighted by molar-refractivity contribution is 5.91. The molecule has 0 bridgehead atoms. The number of rotatable bonds is 7. The summed E-state index contributed by atoms with van der Waals surface area (Å²) in [6.45, 7) is 6.49. The van der Waals surface area contributed by atoms with Gasteiger partial charge in [0.2, 0.25) is 11.8 Å². The predicted octanol–water partition coefficient (Wildman–Crippen LogP) is 3.38. The fraction of sp³-hybridized carbons (Fsp3) is 0.300. The molecule has 0 atom stereocenters. The molecule has 0 aromatic heterocycles. The largest absolute Gasteiger partial charge is 0.376 e. The van der Waals surface area contributed by atoms with Crippen LogP contribution in [-0.2, 0) is 16.1 Å². The van der Waals surface area contributed by atoms with Crippen LogP contribution in [0.25, 0.3) is 0 Å². The van der Waals surface area contributed by atoms with E-state index in [-0.39, 0.29) is 18.4 Å². The average molecular weight is 339 g/mol. The number of carbonyl (C=O) groups is 2. The first kappa shape index (κ1) is 18.5. The summed E-state index contributed by atoms with van der Waals surface area (Å²) in [6, 6.07) is 13.7. The average Bonchev–Trinajstić information content (AvgIpc) is 2.60. The molecule has 0 saturated heterocycles. The Morgan fingerprint density at radius 2 is 1.80 bits per heavy atom. The fourth-order valence-electron chi connectivity index (χ4n) is 2.42. The van der Waals surface area contributed by atoms with Crippen LogP contribution in [0.2, 0.25) is 0 Å². The van der Waals surface area contributed by atoms with Crippen molar-refractivity contribution < 1.29 is 9.59 Å². The molecule has 2 aromatic rings. The van der Waals surface area contributed by atoms with E-state index in [9.17, 15) is 9.59 Å². The Morgan fingerprint density at radius 3 is 2.48 bits per heavy atom. The van der Waals surface area contributed by atoms with Crippen molar-refractivity contribution in [2.45, 2.75) is 33.7 Å². The van der Waals surface area contributed by atoms with Gasteiger partial charge in [-0.25, -0.2) is 0 Å².